The zero-order valence-corrected chi connectivity index (χ0v) is 11.2. The Morgan fingerprint density at radius 3 is 2.89 bits per heavy atom. The molecule has 0 spiro atoms. The molecule has 1 aromatic rings. The second-order valence-electron chi connectivity index (χ2n) is 4.91. The van der Waals surface area contributed by atoms with Crippen LogP contribution in [-0.2, 0) is 4.79 Å². The summed E-state index contributed by atoms with van der Waals surface area (Å²) >= 11 is 1.12. The van der Waals surface area contributed by atoms with E-state index in [1.54, 1.807) is 11.8 Å². The summed E-state index contributed by atoms with van der Waals surface area (Å²) in [6.45, 7) is 4.98. The highest BCUT2D eigenvalue weighted by atomic mass is 32.1. The molecule has 3 heterocycles. The van der Waals surface area contributed by atoms with Crippen LogP contribution in [0.15, 0.2) is 0 Å². The summed E-state index contributed by atoms with van der Waals surface area (Å²) in [6.07, 6.45) is 1.24. The molecule has 3 rings (SSSR count). The number of nitrogens with zero attached hydrogens (tertiary/aromatic N) is 4. The van der Waals surface area contributed by atoms with Crippen molar-refractivity contribution in [3.63, 3.8) is 0 Å². The molecule has 0 bridgehead atoms. The third-order valence-corrected chi connectivity index (χ3v) is 4.73. The minimum absolute atomic E-state index is 0.0535. The molecule has 2 saturated heterocycles. The van der Waals surface area contributed by atoms with Crippen molar-refractivity contribution in [2.24, 2.45) is 0 Å². The van der Waals surface area contributed by atoms with Crippen LogP contribution in [0, 0.1) is 6.92 Å². The Morgan fingerprint density at radius 2 is 2.22 bits per heavy atom. The lowest BCUT2D eigenvalue weighted by Gasteiger charge is -2.35. The number of hydrogen-bond acceptors (Lipinski definition) is 5. The van der Waals surface area contributed by atoms with Crippen LogP contribution in [0.4, 0.5) is 0 Å². The lowest BCUT2D eigenvalue weighted by atomic mass is 10.1. The number of rotatable bonds is 1. The topological polar surface area (TPSA) is 66.4 Å². The van der Waals surface area contributed by atoms with Crippen molar-refractivity contribution in [2.75, 3.05) is 13.1 Å². The zero-order chi connectivity index (χ0) is 12.9. The fourth-order valence-electron chi connectivity index (χ4n) is 2.84. The molecule has 0 radical (unpaired) electrons. The van der Waals surface area contributed by atoms with Crippen LogP contribution >= 0.6 is 11.5 Å². The van der Waals surface area contributed by atoms with Crippen molar-refractivity contribution in [1.29, 1.82) is 0 Å². The van der Waals surface area contributed by atoms with E-state index in [2.05, 4.69) is 9.59 Å². The third kappa shape index (κ3) is 1.40. The Morgan fingerprint density at radius 1 is 1.44 bits per heavy atom. The van der Waals surface area contributed by atoms with Gasteiger partial charge in [0.05, 0.1) is 5.69 Å². The molecule has 96 valence electrons. The molecule has 1 atom stereocenters. The van der Waals surface area contributed by atoms with Gasteiger partial charge in [0.25, 0.3) is 5.91 Å². The lowest BCUT2D eigenvalue weighted by Crippen LogP contribution is -2.50. The van der Waals surface area contributed by atoms with Crippen LogP contribution in [-0.4, -0.2) is 50.0 Å². The fraction of sp³-hybridized carbons (Fsp3) is 0.636. The SMILES string of the molecule is Cc1nnsc1C(=O)N1CCN2C(=O)CCC21C. The Bertz CT molecular complexity index is 529. The van der Waals surface area contributed by atoms with Crippen molar-refractivity contribution in [3.05, 3.63) is 10.6 Å². The van der Waals surface area contributed by atoms with Gasteiger partial charge in [-0.25, -0.2) is 0 Å². The molecule has 1 aromatic heterocycles. The van der Waals surface area contributed by atoms with E-state index in [0.29, 0.717) is 36.5 Å². The van der Waals surface area contributed by atoms with Crippen molar-refractivity contribution in [2.45, 2.75) is 32.4 Å². The first-order chi connectivity index (χ1) is 8.54. The van der Waals surface area contributed by atoms with Crippen LogP contribution in [0.25, 0.3) is 0 Å². The number of amides is 2. The van der Waals surface area contributed by atoms with Crippen molar-refractivity contribution >= 4 is 23.3 Å². The fourth-order valence-corrected chi connectivity index (χ4v) is 3.45. The van der Waals surface area contributed by atoms with Gasteiger partial charge < -0.3 is 9.80 Å². The quantitative estimate of drug-likeness (QED) is 0.748. The number of aromatic nitrogens is 2. The van der Waals surface area contributed by atoms with Gasteiger partial charge >= 0.3 is 0 Å². The molecular weight excluding hydrogens is 252 g/mol. The molecule has 1 unspecified atom stereocenters. The average molecular weight is 266 g/mol. The van der Waals surface area contributed by atoms with E-state index in [-0.39, 0.29) is 11.8 Å². The molecule has 0 N–H and O–H groups in total. The van der Waals surface area contributed by atoms with E-state index >= 15 is 0 Å². The number of fused-ring (bicyclic) bond motifs is 1. The zero-order valence-electron chi connectivity index (χ0n) is 10.3. The predicted molar refractivity (Wildman–Crippen MR) is 65.0 cm³/mol. The maximum atomic E-state index is 12.5. The molecule has 2 fully saturated rings. The van der Waals surface area contributed by atoms with Gasteiger partial charge in [-0.3, -0.25) is 9.59 Å². The summed E-state index contributed by atoms with van der Waals surface area (Å²) in [7, 11) is 0. The summed E-state index contributed by atoms with van der Waals surface area (Å²) in [5.41, 5.74) is 0.210. The number of hydrogen-bond donors (Lipinski definition) is 0. The molecule has 0 saturated carbocycles. The molecule has 2 aliphatic heterocycles. The maximum absolute atomic E-state index is 12.5. The Balaban J connectivity index is 1.93. The molecule has 2 amide bonds. The average Bonchev–Trinajstić information content (AvgIpc) is 2.96. The molecule has 6 nitrogen and oxygen atoms in total. The standard InChI is InChI=1S/C11H14N4O2S/c1-7-9(18-13-12-7)10(17)15-6-5-14-8(16)3-4-11(14,15)2/h3-6H2,1-2H3. The molecule has 18 heavy (non-hydrogen) atoms. The molecular formula is C11H14N4O2S. The van der Waals surface area contributed by atoms with Crippen molar-refractivity contribution < 1.29 is 9.59 Å². The number of carbonyl (C=O) groups is 2. The van der Waals surface area contributed by atoms with Crippen LogP contribution < -0.4 is 0 Å². The van der Waals surface area contributed by atoms with Gasteiger partial charge in [-0.05, 0) is 31.8 Å². The molecule has 0 aliphatic carbocycles. The Hall–Kier alpha value is -1.50. The summed E-state index contributed by atoms with van der Waals surface area (Å²) < 4.78 is 3.80. The van der Waals surface area contributed by atoms with Gasteiger partial charge in [-0.15, -0.1) is 5.10 Å². The van der Waals surface area contributed by atoms with Crippen LogP contribution in [0.5, 0.6) is 0 Å². The lowest BCUT2D eigenvalue weighted by molar-refractivity contribution is -0.130. The highest BCUT2D eigenvalue weighted by Gasteiger charge is 2.52. The summed E-state index contributed by atoms with van der Waals surface area (Å²) in [6, 6.07) is 0. The molecule has 2 aliphatic rings. The first-order valence-corrected chi connectivity index (χ1v) is 6.73. The van der Waals surface area contributed by atoms with Crippen LogP contribution in [0.3, 0.4) is 0 Å². The van der Waals surface area contributed by atoms with Gasteiger partial charge in [0.1, 0.15) is 10.5 Å². The summed E-state index contributed by atoms with van der Waals surface area (Å²) in [5, 5.41) is 3.87. The summed E-state index contributed by atoms with van der Waals surface area (Å²) in [5.74, 6) is 0.0918. The van der Waals surface area contributed by atoms with Crippen molar-refractivity contribution in [3.8, 4) is 0 Å². The van der Waals surface area contributed by atoms with Gasteiger partial charge in [0.2, 0.25) is 5.91 Å². The van der Waals surface area contributed by atoms with E-state index in [4.69, 9.17) is 0 Å². The van der Waals surface area contributed by atoms with E-state index in [9.17, 15) is 9.59 Å². The highest BCUT2D eigenvalue weighted by Crippen LogP contribution is 2.38. The minimum atomic E-state index is -0.454. The first kappa shape index (κ1) is 11.6. The van der Waals surface area contributed by atoms with Crippen LogP contribution in [0.1, 0.15) is 35.1 Å². The molecule has 7 heteroatoms. The summed E-state index contributed by atoms with van der Waals surface area (Å²) in [4.78, 5) is 28.4. The van der Waals surface area contributed by atoms with Crippen LogP contribution in [0.2, 0.25) is 0 Å². The Labute approximate surface area is 109 Å². The Kier molecular flexibility index (Phi) is 2.41. The van der Waals surface area contributed by atoms with Crippen molar-refractivity contribution in [1.82, 2.24) is 19.4 Å². The van der Waals surface area contributed by atoms with E-state index in [1.807, 2.05) is 11.8 Å². The third-order valence-electron chi connectivity index (χ3n) is 3.91. The predicted octanol–water partition coefficient (Wildman–Crippen LogP) is 0.641. The number of carbonyl (C=O) groups excluding carboxylic acids is 2. The van der Waals surface area contributed by atoms with Gasteiger partial charge in [0.15, 0.2) is 0 Å². The minimum Gasteiger partial charge on any atom is -0.318 e. The second kappa shape index (κ2) is 3.74. The van der Waals surface area contributed by atoms with Gasteiger partial charge in [0, 0.05) is 19.5 Å². The normalized spacial score (nSPS) is 26.9. The van der Waals surface area contributed by atoms with E-state index in [1.165, 1.54) is 0 Å². The highest BCUT2D eigenvalue weighted by molar-refractivity contribution is 7.07. The maximum Gasteiger partial charge on any atom is 0.269 e. The smallest absolute Gasteiger partial charge is 0.269 e. The van der Waals surface area contributed by atoms with E-state index < -0.39 is 5.66 Å². The molecule has 0 aromatic carbocycles. The second-order valence-corrected chi connectivity index (χ2v) is 5.66. The first-order valence-electron chi connectivity index (χ1n) is 5.95. The van der Waals surface area contributed by atoms with Gasteiger partial charge in [-0.2, -0.15) is 0 Å². The largest absolute Gasteiger partial charge is 0.318 e. The van der Waals surface area contributed by atoms with E-state index in [0.717, 1.165) is 11.5 Å². The number of aryl methyl sites for hydroxylation is 1. The monoisotopic (exact) mass is 266 g/mol. The van der Waals surface area contributed by atoms with Gasteiger partial charge in [-0.1, -0.05) is 4.49 Å².